The van der Waals surface area contributed by atoms with Gasteiger partial charge in [-0.3, -0.25) is 4.79 Å². The molecule has 0 aliphatic carbocycles. The van der Waals surface area contributed by atoms with Crippen LogP contribution in [-0.4, -0.2) is 19.0 Å². The summed E-state index contributed by atoms with van der Waals surface area (Å²) < 4.78 is 1.10. The monoisotopic (exact) mass is 302 g/mol. The van der Waals surface area contributed by atoms with Gasteiger partial charge in [0.2, 0.25) is 5.91 Å². The molecule has 3 nitrogen and oxygen atoms in total. The van der Waals surface area contributed by atoms with Crippen LogP contribution in [0.2, 0.25) is 0 Å². The summed E-state index contributed by atoms with van der Waals surface area (Å²) in [5, 5.41) is 6.17. The van der Waals surface area contributed by atoms with Crippen molar-refractivity contribution < 1.29 is 4.79 Å². The number of carbonyl (C=O) groups is 1. The molecule has 1 amide bonds. The SMILES string of the molecule is CC(C(=O)NCc1ccc(Br)s1)C1CNC1. The van der Waals surface area contributed by atoms with Gasteiger partial charge in [-0.1, -0.05) is 6.92 Å². The average Bonchev–Trinajstić information content (AvgIpc) is 2.58. The van der Waals surface area contributed by atoms with Crippen LogP contribution in [0.4, 0.5) is 0 Å². The smallest absolute Gasteiger partial charge is 0.223 e. The van der Waals surface area contributed by atoms with E-state index in [9.17, 15) is 4.79 Å². The van der Waals surface area contributed by atoms with Crippen molar-refractivity contribution in [3.63, 3.8) is 0 Å². The highest BCUT2D eigenvalue weighted by molar-refractivity contribution is 9.11. The number of thiophene rings is 1. The molecule has 0 spiro atoms. The number of amides is 1. The summed E-state index contributed by atoms with van der Waals surface area (Å²) in [7, 11) is 0. The number of hydrogen-bond acceptors (Lipinski definition) is 3. The van der Waals surface area contributed by atoms with Crippen molar-refractivity contribution in [2.24, 2.45) is 11.8 Å². The molecule has 2 heterocycles. The Labute approximate surface area is 108 Å². The van der Waals surface area contributed by atoms with Crippen molar-refractivity contribution in [2.45, 2.75) is 13.5 Å². The highest BCUT2D eigenvalue weighted by atomic mass is 79.9. The fraction of sp³-hybridized carbons (Fsp3) is 0.545. The molecule has 1 aliphatic rings. The first kappa shape index (κ1) is 12.1. The lowest BCUT2D eigenvalue weighted by Gasteiger charge is -2.31. The largest absolute Gasteiger partial charge is 0.351 e. The second-order valence-electron chi connectivity index (χ2n) is 4.13. The summed E-state index contributed by atoms with van der Waals surface area (Å²) >= 11 is 5.07. The Bertz CT molecular complexity index is 376. The lowest BCUT2D eigenvalue weighted by molar-refractivity contribution is -0.126. The Morgan fingerprint density at radius 3 is 2.94 bits per heavy atom. The van der Waals surface area contributed by atoms with E-state index in [1.54, 1.807) is 11.3 Å². The first-order chi connectivity index (χ1) is 7.66. The summed E-state index contributed by atoms with van der Waals surface area (Å²) in [5.41, 5.74) is 0. The van der Waals surface area contributed by atoms with Crippen molar-refractivity contribution in [1.82, 2.24) is 10.6 Å². The fourth-order valence-corrected chi connectivity index (χ4v) is 3.08. The van der Waals surface area contributed by atoms with Crippen LogP contribution >= 0.6 is 27.3 Å². The Hall–Kier alpha value is -0.390. The van der Waals surface area contributed by atoms with Gasteiger partial charge in [0.05, 0.1) is 10.3 Å². The third kappa shape index (κ3) is 2.84. The van der Waals surface area contributed by atoms with E-state index in [1.165, 1.54) is 4.88 Å². The Morgan fingerprint density at radius 2 is 2.44 bits per heavy atom. The van der Waals surface area contributed by atoms with Crippen LogP contribution in [0.1, 0.15) is 11.8 Å². The third-order valence-corrected chi connectivity index (χ3v) is 4.62. The molecule has 0 bridgehead atoms. The number of nitrogens with one attached hydrogen (secondary N) is 2. The molecule has 1 unspecified atom stereocenters. The second-order valence-corrected chi connectivity index (χ2v) is 6.68. The number of hydrogen-bond donors (Lipinski definition) is 2. The molecule has 0 aromatic carbocycles. The first-order valence-electron chi connectivity index (χ1n) is 5.39. The summed E-state index contributed by atoms with van der Waals surface area (Å²) in [6.45, 7) is 4.59. The number of halogens is 1. The summed E-state index contributed by atoms with van der Waals surface area (Å²) in [6.07, 6.45) is 0. The lowest BCUT2D eigenvalue weighted by atomic mass is 9.88. The molecule has 1 atom stereocenters. The average molecular weight is 303 g/mol. The van der Waals surface area contributed by atoms with Gasteiger partial charge in [-0.15, -0.1) is 11.3 Å². The molecule has 1 saturated heterocycles. The zero-order valence-electron chi connectivity index (χ0n) is 9.13. The molecule has 2 N–H and O–H groups in total. The van der Waals surface area contributed by atoms with Crippen molar-refractivity contribution >= 4 is 33.2 Å². The molecule has 0 saturated carbocycles. The standard InChI is InChI=1S/C11H15BrN2OS/c1-7(8-4-13-5-8)11(15)14-6-9-2-3-10(12)16-9/h2-3,7-8,13H,4-6H2,1H3,(H,14,15). The lowest BCUT2D eigenvalue weighted by Crippen LogP contribution is -2.49. The van der Waals surface area contributed by atoms with Gasteiger partial charge in [0.1, 0.15) is 0 Å². The van der Waals surface area contributed by atoms with Gasteiger partial charge in [-0.05, 0) is 47.1 Å². The molecule has 88 valence electrons. The van der Waals surface area contributed by atoms with Gasteiger partial charge in [0.15, 0.2) is 0 Å². The predicted molar refractivity (Wildman–Crippen MR) is 69.4 cm³/mol. The number of carbonyl (C=O) groups excluding carboxylic acids is 1. The maximum atomic E-state index is 11.8. The van der Waals surface area contributed by atoms with E-state index in [-0.39, 0.29) is 11.8 Å². The zero-order valence-corrected chi connectivity index (χ0v) is 11.5. The third-order valence-electron chi connectivity index (χ3n) is 3.00. The summed E-state index contributed by atoms with van der Waals surface area (Å²) in [6, 6.07) is 4.04. The van der Waals surface area contributed by atoms with Crippen molar-refractivity contribution in [3.05, 3.63) is 20.8 Å². The minimum Gasteiger partial charge on any atom is -0.351 e. The molecule has 1 aromatic rings. The molecule has 16 heavy (non-hydrogen) atoms. The highest BCUT2D eigenvalue weighted by Crippen LogP contribution is 2.22. The molecule has 0 radical (unpaired) electrons. The van der Waals surface area contributed by atoms with E-state index in [2.05, 4.69) is 26.6 Å². The molecule has 1 aliphatic heterocycles. The minimum absolute atomic E-state index is 0.115. The van der Waals surface area contributed by atoms with E-state index in [4.69, 9.17) is 0 Å². The van der Waals surface area contributed by atoms with Gasteiger partial charge >= 0.3 is 0 Å². The van der Waals surface area contributed by atoms with Gasteiger partial charge in [0.25, 0.3) is 0 Å². The van der Waals surface area contributed by atoms with E-state index in [1.807, 2.05) is 19.1 Å². The van der Waals surface area contributed by atoms with Crippen LogP contribution < -0.4 is 10.6 Å². The minimum atomic E-state index is 0.115. The van der Waals surface area contributed by atoms with Gasteiger partial charge in [-0.2, -0.15) is 0 Å². The molecule has 5 heteroatoms. The predicted octanol–water partition coefficient (Wildman–Crippen LogP) is 1.98. The van der Waals surface area contributed by atoms with Gasteiger partial charge < -0.3 is 10.6 Å². The second kappa shape index (κ2) is 5.29. The molecule has 2 rings (SSSR count). The Morgan fingerprint density at radius 1 is 1.69 bits per heavy atom. The van der Waals surface area contributed by atoms with Crippen LogP contribution in [0.25, 0.3) is 0 Å². The zero-order chi connectivity index (χ0) is 11.5. The normalized spacial score (nSPS) is 17.9. The van der Waals surface area contributed by atoms with E-state index in [0.717, 1.165) is 16.9 Å². The van der Waals surface area contributed by atoms with Gasteiger partial charge in [-0.25, -0.2) is 0 Å². The van der Waals surface area contributed by atoms with Crippen molar-refractivity contribution in [1.29, 1.82) is 0 Å². The van der Waals surface area contributed by atoms with E-state index >= 15 is 0 Å². The van der Waals surface area contributed by atoms with Crippen LogP contribution in [0, 0.1) is 11.8 Å². The molecular weight excluding hydrogens is 288 g/mol. The quantitative estimate of drug-likeness (QED) is 0.893. The maximum absolute atomic E-state index is 11.8. The first-order valence-corrected chi connectivity index (χ1v) is 7.00. The Kier molecular flexibility index (Phi) is 4.00. The fourth-order valence-electron chi connectivity index (χ4n) is 1.66. The van der Waals surface area contributed by atoms with Crippen LogP contribution in [0.3, 0.4) is 0 Å². The summed E-state index contributed by atoms with van der Waals surface area (Å²) in [4.78, 5) is 13.0. The van der Waals surface area contributed by atoms with Crippen LogP contribution in [0.5, 0.6) is 0 Å². The Balaban J connectivity index is 1.78. The van der Waals surface area contributed by atoms with Crippen LogP contribution in [-0.2, 0) is 11.3 Å². The van der Waals surface area contributed by atoms with E-state index < -0.39 is 0 Å². The number of rotatable bonds is 4. The highest BCUT2D eigenvalue weighted by Gasteiger charge is 2.28. The molecule has 1 fully saturated rings. The molecule has 1 aromatic heterocycles. The van der Waals surface area contributed by atoms with E-state index in [0.29, 0.717) is 12.5 Å². The summed E-state index contributed by atoms with van der Waals surface area (Å²) in [5.74, 6) is 0.788. The van der Waals surface area contributed by atoms with Crippen molar-refractivity contribution in [2.75, 3.05) is 13.1 Å². The molecular formula is C11H15BrN2OS. The topological polar surface area (TPSA) is 41.1 Å². The van der Waals surface area contributed by atoms with Crippen LogP contribution in [0.15, 0.2) is 15.9 Å². The van der Waals surface area contributed by atoms with Gasteiger partial charge in [0, 0.05) is 10.8 Å². The maximum Gasteiger partial charge on any atom is 0.223 e. The van der Waals surface area contributed by atoms with Crippen molar-refractivity contribution in [3.8, 4) is 0 Å².